The van der Waals surface area contributed by atoms with Crippen molar-refractivity contribution in [1.82, 2.24) is 5.32 Å². The number of amides is 1. The van der Waals surface area contributed by atoms with Crippen molar-refractivity contribution in [3.05, 3.63) is 35.4 Å². The number of aliphatic hydroxyl groups is 1. The van der Waals surface area contributed by atoms with Gasteiger partial charge in [0.2, 0.25) is 5.91 Å². The Balaban J connectivity index is 2.46. The van der Waals surface area contributed by atoms with E-state index in [9.17, 15) is 18.0 Å². The molecular formula is C14H14F3NO3. The molecule has 0 heterocycles. The van der Waals surface area contributed by atoms with Gasteiger partial charge in [-0.3, -0.25) is 4.79 Å². The van der Waals surface area contributed by atoms with Gasteiger partial charge in [0.15, 0.2) is 0 Å². The van der Waals surface area contributed by atoms with E-state index in [1.54, 1.807) is 24.3 Å². The predicted molar refractivity (Wildman–Crippen MR) is 69.1 cm³/mol. The normalized spacial score (nSPS) is 10.7. The fourth-order valence-corrected chi connectivity index (χ4v) is 1.44. The molecule has 0 atom stereocenters. The number of ether oxygens (including phenoxy) is 1. The number of halogens is 3. The lowest BCUT2D eigenvalue weighted by Gasteiger charge is -2.09. The molecule has 4 nitrogen and oxygen atoms in total. The van der Waals surface area contributed by atoms with Crippen molar-refractivity contribution in [2.24, 2.45) is 0 Å². The number of hydrogen-bond donors (Lipinski definition) is 2. The van der Waals surface area contributed by atoms with Crippen LogP contribution in [0.4, 0.5) is 13.2 Å². The summed E-state index contributed by atoms with van der Waals surface area (Å²) in [6, 6.07) is 6.92. The fourth-order valence-electron chi connectivity index (χ4n) is 1.44. The SMILES string of the molecule is O=C(COCC(F)(F)F)NCc1ccccc1C#CCO. The maximum atomic E-state index is 11.8. The number of benzene rings is 1. The summed E-state index contributed by atoms with van der Waals surface area (Å²) < 4.78 is 39.8. The molecular weight excluding hydrogens is 287 g/mol. The van der Waals surface area contributed by atoms with Crippen molar-refractivity contribution in [3.8, 4) is 11.8 Å². The smallest absolute Gasteiger partial charge is 0.384 e. The van der Waals surface area contributed by atoms with E-state index in [1.165, 1.54) is 0 Å². The Morgan fingerprint density at radius 3 is 2.71 bits per heavy atom. The van der Waals surface area contributed by atoms with Crippen LogP contribution >= 0.6 is 0 Å². The first-order valence-electron chi connectivity index (χ1n) is 6.01. The summed E-state index contributed by atoms with van der Waals surface area (Å²) in [5.74, 6) is 4.56. The van der Waals surface area contributed by atoms with Crippen molar-refractivity contribution in [3.63, 3.8) is 0 Å². The summed E-state index contributed by atoms with van der Waals surface area (Å²) in [5.41, 5.74) is 1.32. The summed E-state index contributed by atoms with van der Waals surface area (Å²) in [4.78, 5) is 11.3. The average Bonchev–Trinajstić information content (AvgIpc) is 2.42. The summed E-state index contributed by atoms with van der Waals surface area (Å²) in [5, 5.41) is 11.1. The van der Waals surface area contributed by atoms with Crippen LogP contribution in [0.25, 0.3) is 0 Å². The Morgan fingerprint density at radius 1 is 1.33 bits per heavy atom. The van der Waals surface area contributed by atoms with Gasteiger partial charge in [0, 0.05) is 12.1 Å². The summed E-state index contributed by atoms with van der Waals surface area (Å²) >= 11 is 0. The van der Waals surface area contributed by atoms with Gasteiger partial charge >= 0.3 is 6.18 Å². The molecule has 0 bridgehead atoms. The monoisotopic (exact) mass is 301 g/mol. The number of rotatable bonds is 5. The Kier molecular flexibility index (Phi) is 6.72. The molecule has 0 aliphatic carbocycles. The van der Waals surface area contributed by atoms with Crippen molar-refractivity contribution in [2.45, 2.75) is 12.7 Å². The summed E-state index contributed by atoms with van der Waals surface area (Å²) in [7, 11) is 0. The molecule has 0 aliphatic heterocycles. The first kappa shape index (κ1) is 17.0. The van der Waals surface area contributed by atoms with Gasteiger partial charge in [-0.2, -0.15) is 13.2 Å². The molecule has 0 aromatic heterocycles. The predicted octanol–water partition coefficient (Wildman–Crippen LogP) is 1.23. The summed E-state index contributed by atoms with van der Waals surface area (Å²) in [6.45, 7) is -2.29. The topological polar surface area (TPSA) is 58.6 Å². The highest BCUT2D eigenvalue weighted by atomic mass is 19.4. The highest BCUT2D eigenvalue weighted by Crippen LogP contribution is 2.14. The van der Waals surface area contributed by atoms with Crippen LogP contribution in [0.1, 0.15) is 11.1 Å². The van der Waals surface area contributed by atoms with Crippen LogP contribution in [0.3, 0.4) is 0 Å². The molecule has 0 spiro atoms. The maximum Gasteiger partial charge on any atom is 0.411 e. The lowest BCUT2D eigenvalue weighted by Crippen LogP contribution is -2.29. The average molecular weight is 301 g/mol. The van der Waals surface area contributed by atoms with Crippen molar-refractivity contribution < 1.29 is 27.8 Å². The lowest BCUT2D eigenvalue weighted by molar-refractivity contribution is -0.175. The Morgan fingerprint density at radius 2 is 2.05 bits per heavy atom. The quantitative estimate of drug-likeness (QED) is 0.804. The second kappa shape index (κ2) is 8.29. The zero-order chi connectivity index (χ0) is 15.7. The van der Waals surface area contributed by atoms with E-state index in [1.807, 2.05) is 0 Å². The van der Waals surface area contributed by atoms with E-state index in [0.29, 0.717) is 11.1 Å². The van der Waals surface area contributed by atoms with Gasteiger partial charge in [-0.05, 0) is 11.6 Å². The van der Waals surface area contributed by atoms with E-state index in [-0.39, 0.29) is 13.2 Å². The fraction of sp³-hybridized carbons (Fsp3) is 0.357. The Labute approximate surface area is 119 Å². The van der Waals surface area contributed by atoms with Crippen molar-refractivity contribution in [2.75, 3.05) is 19.8 Å². The highest BCUT2D eigenvalue weighted by molar-refractivity contribution is 5.77. The standard InChI is InChI=1S/C14H14F3NO3/c15-14(16,17)10-21-9-13(20)18-8-12-5-2-1-4-11(12)6-3-7-19/h1-2,4-5,19H,7-10H2,(H,18,20). The van der Waals surface area contributed by atoms with E-state index >= 15 is 0 Å². The Bertz CT molecular complexity index is 532. The molecule has 7 heteroatoms. The minimum absolute atomic E-state index is 0.116. The Hall–Kier alpha value is -2.04. The zero-order valence-electron chi connectivity index (χ0n) is 11.0. The molecule has 1 rings (SSSR count). The van der Waals surface area contributed by atoms with Gasteiger partial charge in [-0.25, -0.2) is 0 Å². The number of alkyl halides is 3. The van der Waals surface area contributed by atoms with Crippen LogP contribution in [0.2, 0.25) is 0 Å². The van der Waals surface area contributed by atoms with Gasteiger partial charge in [-0.15, -0.1) is 0 Å². The molecule has 0 saturated heterocycles. The third-order valence-electron chi connectivity index (χ3n) is 2.29. The number of nitrogens with one attached hydrogen (secondary N) is 1. The molecule has 0 fully saturated rings. The summed E-state index contributed by atoms with van der Waals surface area (Å²) in [6.07, 6.45) is -4.45. The zero-order valence-corrected chi connectivity index (χ0v) is 11.0. The van der Waals surface area contributed by atoms with Crippen LogP contribution in [-0.2, 0) is 16.1 Å². The second-order valence-corrected chi connectivity index (χ2v) is 4.00. The molecule has 2 N–H and O–H groups in total. The molecule has 114 valence electrons. The maximum absolute atomic E-state index is 11.8. The van der Waals surface area contributed by atoms with E-state index in [0.717, 1.165) is 0 Å². The van der Waals surface area contributed by atoms with E-state index in [2.05, 4.69) is 21.9 Å². The van der Waals surface area contributed by atoms with E-state index in [4.69, 9.17) is 5.11 Å². The van der Waals surface area contributed by atoms with Crippen molar-refractivity contribution >= 4 is 5.91 Å². The highest BCUT2D eigenvalue weighted by Gasteiger charge is 2.27. The van der Waals surface area contributed by atoms with Gasteiger partial charge in [0.1, 0.15) is 19.8 Å². The molecule has 1 aromatic carbocycles. The molecule has 0 saturated carbocycles. The first-order chi connectivity index (χ1) is 9.92. The van der Waals surface area contributed by atoms with Gasteiger partial charge in [0.05, 0.1) is 0 Å². The number of aliphatic hydroxyl groups excluding tert-OH is 1. The van der Waals surface area contributed by atoms with Gasteiger partial charge < -0.3 is 15.2 Å². The lowest BCUT2D eigenvalue weighted by atomic mass is 10.1. The molecule has 0 aliphatic rings. The van der Waals surface area contributed by atoms with Gasteiger partial charge in [-0.1, -0.05) is 30.0 Å². The van der Waals surface area contributed by atoms with Crippen LogP contribution in [0.5, 0.6) is 0 Å². The van der Waals surface area contributed by atoms with Gasteiger partial charge in [0.25, 0.3) is 0 Å². The molecule has 0 unspecified atom stereocenters. The van der Waals surface area contributed by atoms with Crippen LogP contribution in [0.15, 0.2) is 24.3 Å². The van der Waals surface area contributed by atoms with E-state index < -0.39 is 25.3 Å². The van der Waals surface area contributed by atoms with Crippen molar-refractivity contribution in [1.29, 1.82) is 0 Å². The molecule has 1 amide bonds. The minimum atomic E-state index is -4.45. The molecule has 0 radical (unpaired) electrons. The number of carbonyl (C=O) groups excluding carboxylic acids is 1. The number of hydrogen-bond acceptors (Lipinski definition) is 3. The molecule has 21 heavy (non-hydrogen) atoms. The third kappa shape index (κ3) is 7.34. The van der Waals surface area contributed by atoms with Crippen LogP contribution < -0.4 is 5.32 Å². The first-order valence-corrected chi connectivity index (χ1v) is 6.01. The van der Waals surface area contributed by atoms with Crippen LogP contribution in [0, 0.1) is 11.8 Å². The number of carbonyl (C=O) groups is 1. The minimum Gasteiger partial charge on any atom is -0.384 e. The largest absolute Gasteiger partial charge is 0.411 e. The third-order valence-corrected chi connectivity index (χ3v) is 2.29. The molecule has 1 aromatic rings. The van der Waals surface area contributed by atoms with Crippen LogP contribution in [-0.4, -0.2) is 37.0 Å². The second-order valence-electron chi connectivity index (χ2n) is 4.00.